The first-order valence-corrected chi connectivity index (χ1v) is 6.93. The van der Waals surface area contributed by atoms with Crippen molar-refractivity contribution in [1.29, 1.82) is 5.26 Å². The molecule has 1 rings (SSSR count). The van der Waals surface area contributed by atoms with Crippen LogP contribution in [0.25, 0.3) is 0 Å². The van der Waals surface area contributed by atoms with E-state index in [1.54, 1.807) is 32.9 Å². The second-order valence-corrected chi connectivity index (χ2v) is 6.64. The summed E-state index contributed by atoms with van der Waals surface area (Å²) in [6, 6.07) is 6.48. The molecule has 0 aromatic heterocycles. The number of nitrogens with one attached hydrogen (secondary N) is 1. The van der Waals surface area contributed by atoms with E-state index in [4.69, 9.17) is 11.0 Å². The summed E-state index contributed by atoms with van der Waals surface area (Å²) in [7, 11) is -3.64. The normalized spacial score (nSPS) is 12.2. The molecule has 0 atom stereocenters. The van der Waals surface area contributed by atoms with Crippen molar-refractivity contribution >= 4 is 10.0 Å². The van der Waals surface area contributed by atoms with Crippen LogP contribution in [-0.2, 0) is 10.0 Å². The standard InChI is InChI=1S/C12H17N3O2S/c1-9-4-5-10(7-13)6-11(9)18(16,17)15-8-12(2,3)14/h4-6,15H,8,14H2,1-3H3. The summed E-state index contributed by atoms with van der Waals surface area (Å²) in [5.41, 5.74) is 6.01. The van der Waals surface area contributed by atoms with Crippen LogP contribution >= 0.6 is 0 Å². The monoisotopic (exact) mass is 267 g/mol. The second-order valence-electron chi connectivity index (χ2n) is 4.91. The molecule has 0 radical (unpaired) electrons. The number of aryl methyl sites for hydroxylation is 1. The van der Waals surface area contributed by atoms with E-state index in [2.05, 4.69) is 4.72 Å². The Balaban J connectivity index is 3.09. The Hall–Kier alpha value is -1.42. The van der Waals surface area contributed by atoms with Crippen molar-refractivity contribution in [2.45, 2.75) is 31.2 Å². The molecule has 0 unspecified atom stereocenters. The van der Waals surface area contributed by atoms with Gasteiger partial charge in [-0.05, 0) is 38.5 Å². The van der Waals surface area contributed by atoms with Gasteiger partial charge in [0.25, 0.3) is 0 Å². The number of benzene rings is 1. The van der Waals surface area contributed by atoms with Gasteiger partial charge in [-0.25, -0.2) is 13.1 Å². The average Bonchev–Trinajstić information content (AvgIpc) is 2.26. The molecule has 0 amide bonds. The fourth-order valence-corrected chi connectivity index (χ4v) is 2.81. The van der Waals surface area contributed by atoms with Crippen molar-refractivity contribution in [3.05, 3.63) is 29.3 Å². The molecule has 6 heteroatoms. The zero-order chi connectivity index (χ0) is 14.0. The molecule has 5 nitrogen and oxygen atoms in total. The molecule has 3 N–H and O–H groups in total. The predicted octanol–water partition coefficient (Wildman–Crippen LogP) is 0.882. The van der Waals surface area contributed by atoms with E-state index < -0.39 is 15.6 Å². The minimum atomic E-state index is -3.64. The molecule has 1 aromatic carbocycles. The molecule has 0 saturated heterocycles. The molecule has 0 aliphatic heterocycles. The number of hydrogen-bond donors (Lipinski definition) is 2. The van der Waals surface area contributed by atoms with Crippen molar-refractivity contribution in [3.8, 4) is 6.07 Å². The Morgan fingerprint density at radius 1 is 1.44 bits per heavy atom. The third kappa shape index (κ3) is 3.81. The molecule has 0 saturated carbocycles. The van der Waals surface area contributed by atoms with Crippen LogP contribution < -0.4 is 10.5 Å². The lowest BCUT2D eigenvalue weighted by atomic mass is 10.1. The van der Waals surface area contributed by atoms with E-state index in [1.165, 1.54) is 6.07 Å². The predicted molar refractivity (Wildman–Crippen MR) is 69.3 cm³/mol. The van der Waals surface area contributed by atoms with E-state index in [0.29, 0.717) is 11.1 Å². The van der Waals surface area contributed by atoms with Crippen molar-refractivity contribution in [3.63, 3.8) is 0 Å². The number of sulfonamides is 1. The molecule has 1 aromatic rings. The van der Waals surface area contributed by atoms with E-state index in [9.17, 15) is 8.42 Å². The molecule has 0 spiro atoms. The first-order valence-electron chi connectivity index (χ1n) is 5.45. The van der Waals surface area contributed by atoms with Gasteiger partial charge in [0, 0.05) is 12.1 Å². The van der Waals surface area contributed by atoms with E-state index in [-0.39, 0.29) is 11.4 Å². The van der Waals surface area contributed by atoms with Crippen LogP contribution in [0.2, 0.25) is 0 Å². The van der Waals surface area contributed by atoms with Crippen molar-refractivity contribution in [1.82, 2.24) is 4.72 Å². The summed E-state index contributed by atoms with van der Waals surface area (Å²) in [6.45, 7) is 5.27. The van der Waals surface area contributed by atoms with Gasteiger partial charge in [0.05, 0.1) is 16.5 Å². The summed E-state index contributed by atoms with van der Waals surface area (Å²) < 4.78 is 26.6. The molecule has 98 valence electrons. The average molecular weight is 267 g/mol. The summed E-state index contributed by atoms with van der Waals surface area (Å²) in [5.74, 6) is 0. The highest BCUT2D eigenvalue weighted by molar-refractivity contribution is 7.89. The number of nitrogens with two attached hydrogens (primary N) is 1. The van der Waals surface area contributed by atoms with Crippen LogP contribution in [0.15, 0.2) is 23.1 Å². The minimum absolute atomic E-state index is 0.116. The van der Waals surface area contributed by atoms with Gasteiger partial charge < -0.3 is 5.73 Å². The molecule has 0 aliphatic carbocycles. The third-order valence-electron chi connectivity index (χ3n) is 2.32. The zero-order valence-corrected chi connectivity index (χ0v) is 11.5. The van der Waals surface area contributed by atoms with Crippen molar-refractivity contribution < 1.29 is 8.42 Å². The zero-order valence-electron chi connectivity index (χ0n) is 10.7. The maximum atomic E-state index is 12.1. The van der Waals surface area contributed by atoms with Gasteiger partial charge >= 0.3 is 0 Å². The first-order chi connectivity index (χ1) is 8.15. The van der Waals surface area contributed by atoms with Gasteiger partial charge in [-0.15, -0.1) is 0 Å². The first kappa shape index (κ1) is 14.6. The lowest BCUT2D eigenvalue weighted by Crippen LogP contribution is -2.45. The van der Waals surface area contributed by atoms with E-state index in [0.717, 1.165) is 0 Å². The Morgan fingerprint density at radius 3 is 2.56 bits per heavy atom. The number of hydrogen-bond acceptors (Lipinski definition) is 4. The van der Waals surface area contributed by atoms with Gasteiger partial charge in [0.1, 0.15) is 0 Å². The Bertz CT molecular complexity index is 580. The maximum Gasteiger partial charge on any atom is 0.240 e. The Labute approximate surface area is 108 Å². The molecule has 0 heterocycles. The molecule has 18 heavy (non-hydrogen) atoms. The van der Waals surface area contributed by atoms with Crippen LogP contribution in [0.5, 0.6) is 0 Å². The van der Waals surface area contributed by atoms with Crippen LogP contribution in [0.3, 0.4) is 0 Å². The molecule has 0 bridgehead atoms. The number of nitrogens with zero attached hydrogens (tertiary/aromatic N) is 1. The smallest absolute Gasteiger partial charge is 0.240 e. The summed E-state index contributed by atoms with van der Waals surface area (Å²) in [5, 5.41) is 8.79. The highest BCUT2D eigenvalue weighted by Gasteiger charge is 2.20. The van der Waals surface area contributed by atoms with Crippen molar-refractivity contribution in [2.24, 2.45) is 5.73 Å². The fourth-order valence-electron chi connectivity index (χ4n) is 1.32. The highest BCUT2D eigenvalue weighted by atomic mass is 32.2. The quantitative estimate of drug-likeness (QED) is 0.846. The summed E-state index contributed by atoms with van der Waals surface area (Å²) in [4.78, 5) is 0.116. The second kappa shape index (κ2) is 5.06. The number of rotatable bonds is 4. The van der Waals surface area contributed by atoms with E-state index >= 15 is 0 Å². The Morgan fingerprint density at radius 2 is 2.06 bits per heavy atom. The van der Waals surface area contributed by atoms with Gasteiger partial charge in [-0.1, -0.05) is 6.07 Å². The third-order valence-corrected chi connectivity index (χ3v) is 3.87. The summed E-state index contributed by atoms with van der Waals surface area (Å²) in [6.07, 6.45) is 0. The molecule has 0 aliphatic rings. The van der Waals surface area contributed by atoms with Crippen LogP contribution in [-0.4, -0.2) is 20.5 Å². The van der Waals surface area contributed by atoms with Crippen LogP contribution in [0.1, 0.15) is 25.0 Å². The molecular weight excluding hydrogens is 250 g/mol. The molecular formula is C12H17N3O2S. The SMILES string of the molecule is Cc1ccc(C#N)cc1S(=O)(=O)NCC(C)(C)N. The lowest BCUT2D eigenvalue weighted by Gasteiger charge is -2.19. The fraction of sp³-hybridized carbons (Fsp3) is 0.417. The Kier molecular flexibility index (Phi) is 4.12. The van der Waals surface area contributed by atoms with Crippen LogP contribution in [0, 0.1) is 18.3 Å². The van der Waals surface area contributed by atoms with Gasteiger partial charge in [-0.2, -0.15) is 5.26 Å². The van der Waals surface area contributed by atoms with Gasteiger partial charge in [-0.3, -0.25) is 0 Å². The van der Waals surface area contributed by atoms with Crippen molar-refractivity contribution in [2.75, 3.05) is 6.54 Å². The molecule has 0 fully saturated rings. The highest BCUT2D eigenvalue weighted by Crippen LogP contribution is 2.16. The topological polar surface area (TPSA) is 96.0 Å². The van der Waals surface area contributed by atoms with Gasteiger partial charge in [0.2, 0.25) is 10.0 Å². The van der Waals surface area contributed by atoms with E-state index in [1.807, 2.05) is 6.07 Å². The minimum Gasteiger partial charge on any atom is -0.324 e. The largest absolute Gasteiger partial charge is 0.324 e. The summed E-state index contributed by atoms with van der Waals surface area (Å²) >= 11 is 0. The maximum absolute atomic E-state index is 12.1. The van der Waals surface area contributed by atoms with Crippen LogP contribution in [0.4, 0.5) is 0 Å². The lowest BCUT2D eigenvalue weighted by molar-refractivity contribution is 0.497. The number of nitriles is 1. The van der Waals surface area contributed by atoms with Gasteiger partial charge in [0.15, 0.2) is 0 Å².